The number of nitrogens with two attached hydrogens (primary N) is 1. The second-order valence-corrected chi connectivity index (χ2v) is 7.98. The Kier molecular flexibility index (Phi) is 6.45. The quantitative estimate of drug-likeness (QED) is 0.523. The van der Waals surface area contributed by atoms with Crippen LogP contribution < -0.4 is 16.4 Å². The van der Waals surface area contributed by atoms with E-state index in [4.69, 9.17) is 5.73 Å². The first kappa shape index (κ1) is 21.5. The topological polar surface area (TPSA) is 107 Å². The number of nitrogens with one attached hydrogen (secondary N) is 2. The van der Waals surface area contributed by atoms with Crippen LogP contribution in [0.25, 0.3) is 11.3 Å². The van der Waals surface area contributed by atoms with Crippen molar-refractivity contribution in [3.63, 3.8) is 0 Å². The maximum Gasteiger partial charge on any atom is 0.255 e. The number of nitrogen functional groups attached to an aromatic ring is 1. The second-order valence-electron chi connectivity index (χ2n) is 7.98. The first-order valence-electron chi connectivity index (χ1n) is 10.6. The van der Waals surface area contributed by atoms with E-state index in [2.05, 4.69) is 26.6 Å². The Morgan fingerprint density at radius 1 is 1.25 bits per heavy atom. The average molecular weight is 427 g/mol. The van der Waals surface area contributed by atoms with Crippen LogP contribution in [0.1, 0.15) is 27.9 Å². The van der Waals surface area contributed by atoms with Gasteiger partial charge in [-0.05, 0) is 49.4 Å². The van der Waals surface area contributed by atoms with Crippen molar-refractivity contribution in [3.05, 3.63) is 77.5 Å². The summed E-state index contributed by atoms with van der Waals surface area (Å²) in [5.74, 6) is -0.247. The Morgan fingerprint density at radius 2 is 2.03 bits per heavy atom. The summed E-state index contributed by atoms with van der Waals surface area (Å²) in [5, 5.41) is 15.8. The van der Waals surface area contributed by atoms with Gasteiger partial charge in [0.2, 0.25) is 0 Å². The highest BCUT2D eigenvalue weighted by molar-refractivity contribution is 6.05. The highest BCUT2D eigenvalue weighted by Gasteiger charge is 2.21. The van der Waals surface area contributed by atoms with Crippen molar-refractivity contribution in [3.8, 4) is 17.3 Å². The number of likely N-dealkylation sites (tertiary alicyclic amines) is 1. The van der Waals surface area contributed by atoms with Crippen LogP contribution in [-0.4, -0.2) is 42.0 Å². The molecule has 1 aliphatic heterocycles. The van der Waals surface area contributed by atoms with Crippen LogP contribution in [0.5, 0.6) is 0 Å². The molecule has 4 N–H and O–H groups in total. The molecule has 0 radical (unpaired) electrons. The largest absolute Gasteiger partial charge is 0.397 e. The smallest absolute Gasteiger partial charge is 0.255 e. The molecule has 7 nitrogen and oxygen atoms in total. The van der Waals surface area contributed by atoms with E-state index < -0.39 is 0 Å². The molecule has 1 atom stereocenters. The molecule has 162 valence electrons. The number of aromatic nitrogens is 1. The summed E-state index contributed by atoms with van der Waals surface area (Å²) >= 11 is 0. The third kappa shape index (κ3) is 4.78. The molecule has 1 amide bonds. The number of para-hydroxylation sites is 2. The predicted molar refractivity (Wildman–Crippen MR) is 126 cm³/mol. The number of hydrogen-bond acceptors (Lipinski definition) is 6. The van der Waals surface area contributed by atoms with Gasteiger partial charge in [-0.2, -0.15) is 5.26 Å². The number of nitrogens with zero attached hydrogens (tertiary/aromatic N) is 3. The molecule has 1 saturated heterocycles. The first-order valence-corrected chi connectivity index (χ1v) is 10.6. The fourth-order valence-electron chi connectivity index (χ4n) is 3.96. The summed E-state index contributed by atoms with van der Waals surface area (Å²) in [6.07, 6.45) is 2.96. The van der Waals surface area contributed by atoms with Gasteiger partial charge in [0.1, 0.15) is 6.07 Å². The van der Waals surface area contributed by atoms with E-state index in [1.165, 1.54) is 0 Å². The lowest BCUT2D eigenvalue weighted by atomic mass is 10.0. The molecule has 0 saturated carbocycles. The van der Waals surface area contributed by atoms with E-state index in [0.29, 0.717) is 34.2 Å². The molecule has 0 spiro atoms. The van der Waals surface area contributed by atoms with E-state index in [0.717, 1.165) is 37.2 Å². The van der Waals surface area contributed by atoms with Crippen molar-refractivity contribution in [1.82, 2.24) is 15.2 Å². The van der Waals surface area contributed by atoms with Crippen LogP contribution in [0.3, 0.4) is 0 Å². The Bertz CT molecular complexity index is 1150. The Balaban J connectivity index is 1.48. The fraction of sp³-hybridized carbons (Fsp3) is 0.240. The van der Waals surface area contributed by atoms with Crippen molar-refractivity contribution in [2.45, 2.75) is 19.0 Å². The summed E-state index contributed by atoms with van der Waals surface area (Å²) in [7, 11) is 1.99. The zero-order valence-electron chi connectivity index (χ0n) is 18.0. The monoisotopic (exact) mass is 426 g/mol. The fourth-order valence-corrected chi connectivity index (χ4v) is 3.96. The van der Waals surface area contributed by atoms with E-state index >= 15 is 0 Å². The molecule has 3 aromatic rings. The van der Waals surface area contributed by atoms with Crippen molar-refractivity contribution in [2.24, 2.45) is 0 Å². The highest BCUT2D eigenvalue weighted by Crippen LogP contribution is 2.24. The van der Waals surface area contributed by atoms with E-state index in [1.54, 1.807) is 24.3 Å². The van der Waals surface area contributed by atoms with Gasteiger partial charge in [0, 0.05) is 43.0 Å². The molecule has 2 aromatic carbocycles. The Morgan fingerprint density at radius 3 is 2.72 bits per heavy atom. The van der Waals surface area contributed by atoms with Crippen molar-refractivity contribution in [1.29, 1.82) is 5.26 Å². The zero-order chi connectivity index (χ0) is 22.5. The third-order valence-electron chi connectivity index (χ3n) is 5.78. The maximum atomic E-state index is 12.5. The summed E-state index contributed by atoms with van der Waals surface area (Å²) in [5.41, 5.74) is 10.4. The number of pyridine rings is 1. The molecule has 1 aliphatic rings. The molecule has 1 unspecified atom stereocenters. The maximum absolute atomic E-state index is 12.5. The van der Waals surface area contributed by atoms with Gasteiger partial charge in [0.15, 0.2) is 0 Å². The molecule has 0 aliphatic carbocycles. The minimum atomic E-state index is -0.247. The van der Waals surface area contributed by atoms with Crippen LogP contribution in [0, 0.1) is 11.3 Å². The van der Waals surface area contributed by atoms with Gasteiger partial charge in [0.05, 0.1) is 22.6 Å². The molecule has 1 fully saturated rings. The van der Waals surface area contributed by atoms with Gasteiger partial charge in [-0.15, -0.1) is 0 Å². The molecular formula is C25H26N6O. The zero-order valence-corrected chi connectivity index (χ0v) is 18.0. The number of anilines is 2. The van der Waals surface area contributed by atoms with Gasteiger partial charge < -0.3 is 16.4 Å². The van der Waals surface area contributed by atoms with Crippen LogP contribution in [0.15, 0.2) is 60.8 Å². The van der Waals surface area contributed by atoms with E-state index in [1.807, 2.05) is 43.6 Å². The van der Waals surface area contributed by atoms with Crippen molar-refractivity contribution in [2.75, 3.05) is 31.2 Å². The van der Waals surface area contributed by atoms with Gasteiger partial charge in [-0.1, -0.05) is 24.3 Å². The van der Waals surface area contributed by atoms with Gasteiger partial charge >= 0.3 is 0 Å². The predicted octanol–water partition coefficient (Wildman–Crippen LogP) is 3.25. The number of benzene rings is 2. The molecular weight excluding hydrogens is 400 g/mol. The summed E-state index contributed by atoms with van der Waals surface area (Å²) in [6, 6.07) is 18.9. The normalized spacial score (nSPS) is 15.9. The number of likely N-dealkylation sites (N-methyl/N-ethyl adjacent to an activating group) is 1. The number of rotatable bonds is 6. The molecule has 1 aromatic heterocycles. The number of carbonyl (C=O) groups excluding carboxylic acids is 1. The van der Waals surface area contributed by atoms with Gasteiger partial charge in [-0.3, -0.25) is 14.7 Å². The van der Waals surface area contributed by atoms with Gasteiger partial charge in [0.25, 0.3) is 5.91 Å². The van der Waals surface area contributed by atoms with Crippen LogP contribution in [-0.2, 0) is 6.54 Å². The molecule has 2 heterocycles. The van der Waals surface area contributed by atoms with Crippen LogP contribution >= 0.6 is 0 Å². The molecule has 32 heavy (non-hydrogen) atoms. The SMILES string of the molecule is CNC1CCN(Cc2cnc(-c3ccc(C(=O)Nc4ccccc4N)cc3)c(C#N)c2)C1. The summed E-state index contributed by atoms with van der Waals surface area (Å²) in [4.78, 5) is 19.5. The number of nitriles is 1. The van der Waals surface area contributed by atoms with Crippen LogP contribution in [0.2, 0.25) is 0 Å². The lowest BCUT2D eigenvalue weighted by Crippen LogP contribution is -2.29. The minimum absolute atomic E-state index is 0.247. The summed E-state index contributed by atoms with van der Waals surface area (Å²) < 4.78 is 0. The van der Waals surface area contributed by atoms with E-state index in [9.17, 15) is 10.1 Å². The molecule has 0 bridgehead atoms. The second kappa shape index (κ2) is 9.60. The van der Waals surface area contributed by atoms with Crippen molar-refractivity contribution >= 4 is 17.3 Å². The van der Waals surface area contributed by atoms with Gasteiger partial charge in [-0.25, -0.2) is 0 Å². The lowest BCUT2D eigenvalue weighted by molar-refractivity contribution is 0.102. The number of hydrogen-bond donors (Lipinski definition) is 3. The Labute approximate surface area is 187 Å². The average Bonchev–Trinajstić information content (AvgIpc) is 3.28. The minimum Gasteiger partial charge on any atom is -0.397 e. The highest BCUT2D eigenvalue weighted by atomic mass is 16.1. The van der Waals surface area contributed by atoms with E-state index in [-0.39, 0.29) is 5.91 Å². The lowest BCUT2D eigenvalue weighted by Gasteiger charge is -2.16. The standard InChI is InChI=1S/C25H26N6O/c1-28-21-10-11-31(16-21)15-17-12-20(13-26)24(29-14-17)18-6-8-19(9-7-18)25(32)30-23-5-3-2-4-22(23)27/h2-9,12,14,21,28H,10-11,15-16,27H2,1H3,(H,30,32). The summed E-state index contributed by atoms with van der Waals surface area (Å²) in [6.45, 7) is 2.81. The molecule has 7 heteroatoms. The molecule has 4 rings (SSSR count). The number of carbonyl (C=O) groups is 1. The third-order valence-corrected chi connectivity index (χ3v) is 5.78. The Hall–Kier alpha value is -3.73. The van der Waals surface area contributed by atoms with Crippen LogP contribution in [0.4, 0.5) is 11.4 Å². The first-order chi connectivity index (χ1) is 15.6. The number of amides is 1. The van der Waals surface area contributed by atoms with Crippen molar-refractivity contribution < 1.29 is 4.79 Å².